The van der Waals surface area contributed by atoms with Gasteiger partial charge in [0.2, 0.25) is 0 Å². The molecule has 2 aliphatic heterocycles. The van der Waals surface area contributed by atoms with E-state index in [4.69, 9.17) is 9.47 Å². The molecule has 1 aromatic rings. The highest BCUT2D eigenvalue weighted by Crippen LogP contribution is 2.32. The first-order valence-electron chi connectivity index (χ1n) is 10.7. The maximum absolute atomic E-state index is 5.87. The first kappa shape index (κ1) is 19.2. The molecule has 1 aliphatic carbocycles. The second kappa shape index (κ2) is 8.91. The quantitative estimate of drug-likeness (QED) is 0.831. The molecule has 2 saturated heterocycles. The van der Waals surface area contributed by atoms with Crippen LogP contribution < -0.4 is 10.6 Å². The van der Waals surface area contributed by atoms with Crippen LogP contribution in [-0.4, -0.2) is 62.0 Å². The van der Waals surface area contributed by atoms with Crippen molar-refractivity contribution in [1.82, 2.24) is 10.2 Å². The first-order chi connectivity index (χ1) is 13.2. The van der Waals surface area contributed by atoms with Gasteiger partial charge < -0.3 is 20.1 Å². The van der Waals surface area contributed by atoms with Crippen LogP contribution in [0.4, 0.5) is 5.69 Å². The number of nitrogens with zero attached hydrogens (tertiary/aromatic N) is 1. The van der Waals surface area contributed by atoms with E-state index in [2.05, 4.69) is 53.6 Å². The number of hydrogen-bond donors (Lipinski definition) is 2. The Balaban J connectivity index is 1.37. The van der Waals surface area contributed by atoms with E-state index in [1.54, 1.807) is 0 Å². The lowest BCUT2D eigenvalue weighted by Gasteiger charge is -2.35. The van der Waals surface area contributed by atoms with Crippen LogP contribution >= 0.6 is 0 Å². The lowest BCUT2D eigenvalue weighted by atomic mass is 9.93. The Bertz CT molecular complexity index is 595. The van der Waals surface area contributed by atoms with Crippen molar-refractivity contribution in [3.8, 4) is 0 Å². The Kier molecular flexibility index (Phi) is 6.33. The van der Waals surface area contributed by atoms with E-state index in [9.17, 15) is 0 Å². The van der Waals surface area contributed by atoms with E-state index < -0.39 is 0 Å². The van der Waals surface area contributed by atoms with Crippen molar-refractivity contribution in [3.63, 3.8) is 0 Å². The summed E-state index contributed by atoms with van der Waals surface area (Å²) in [5, 5.41) is 7.51. The SMILES string of the molecule is CC1CN(Cc2cccc(NC3CCCC3C3COCCN3)c2)CC(C)O1. The fourth-order valence-electron chi connectivity index (χ4n) is 5.16. The van der Waals surface area contributed by atoms with E-state index in [1.165, 1.54) is 30.5 Å². The number of morpholine rings is 2. The van der Waals surface area contributed by atoms with Gasteiger partial charge in [0.05, 0.1) is 25.4 Å². The van der Waals surface area contributed by atoms with Crippen molar-refractivity contribution in [2.75, 3.05) is 38.2 Å². The van der Waals surface area contributed by atoms with Gasteiger partial charge in [0.1, 0.15) is 0 Å². The van der Waals surface area contributed by atoms with E-state index in [0.717, 1.165) is 39.4 Å². The molecule has 2 heterocycles. The maximum Gasteiger partial charge on any atom is 0.0678 e. The third kappa shape index (κ3) is 5.02. The largest absolute Gasteiger partial charge is 0.382 e. The molecule has 0 spiro atoms. The van der Waals surface area contributed by atoms with E-state index >= 15 is 0 Å². The average Bonchev–Trinajstić information content (AvgIpc) is 3.10. The van der Waals surface area contributed by atoms with Crippen LogP contribution in [0.1, 0.15) is 38.7 Å². The topological polar surface area (TPSA) is 45.8 Å². The maximum atomic E-state index is 5.87. The summed E-state index contributed by atoms with van der Waals surface area (Å²) in [7, 11) is 0. The highest BCUT2D eigenvalue weighted by Gasteiger charge is 2.34. The summed E-state index contributed by atoms with van der Waals surface area (Å²) in [6.45, 7) is 10.1. The molecule has 1 saturated carbocycles. The number of benzene rings is 1. The van der Waals surface area contributed by atoms with E-state index in [-0.39, 0.29) is 0 Å². The minimum atomic E-state index is 0.319. The molecular formula is C22H35N3O2. The van der Waals surface area contributed by atoms with Crippen LogP contribution in [0.5, 0.6) is 0 Å². The van der Waals surface area contributed by atoms with E-state index in [0.29, 0.717) is 30.2 Å². The van der Waals surface area contributed by atoms with Crippen molar-refractivity contribution >= 4 is 5.69 Å². The number of hydrogen-bond acceptors (Lipinski definition) is 5. The monoisotopic (exact) mass is 373 g/mol. The Hall–Kier alpha value is -1.14. The van der Waals surface area contributed by atoms with E-state index in [1.807, 2.05) is 0 Å². The Morgan fingerprint density at radius 3 is 2.81 bits per heavy atom. The summed E-state index contributed by atoms with van der Waals surface area (Å²) in [5.41, 5.74) is 2.64. The lowest BCUT2D eigenvalue weighted by Crippen LogP contribution is -2.49. The molecule has 0 amide bonds. The summed E-state index contributed by atoms with van der Waals surface area (Å²) in [4.78, 5) is 2.51. The van der Waals surface area contributed by atoms with Gasteiger partial charge in [-0.25, -0.2) is 0 Å². The van der Waals surface area contributed by atoms with Gasteiger partial charge in [-0.2, -0.15) is 0 Å². The summed E-state index contributed by atoms with van der Waals surface area (Å²) in [5.74, 6) is 0.662. The molecule has 5 unspecified atom stereocenters. The summed E-state index contributed by atoms with van der Waals surface area (Å²) in [6, 6.07) is 10.0. The van der Waals surface area contributed by atoms with Crippen LogP contribution in [0.3, 0.4) is 0 Å². The third-order valence-corrected chi connectivity index (χ3v) is 6.22. The molecule has 5 atom stereocenters. The third-order valence-electron chi connectivity index (χ3n) is 6.22. The van der Waals surface area contributed by atoms with Gasteiger partial charge in [-0.1, -0.05) is 18.6 Å². The molecule has 0 radical (unpaired) electrons. The second-order valence-corrected chi connectivity index (χ2v) is 8.63. The summed E-state index contributed by atoms with van der Waals surface area (Å²) < 4.78 is 11.6. The molecule has 27 heavy (non-hydrogen) atoms. The lowest BCUT2D eigenvalue weighted by molar-refractivity contribution is -0.0704. The standard InChI is InChI=1S/C22H35N3O2/c1-16-12-25(13-17(2)27-16)14-18-5-3-6-19(11-18)24-21-8-4-7-20(21)22-15-26-10-9-23-22/h3,5-6,11,16-17,20-24H,4,7-10,12-15H2,1-2H3. The number of rotatable bonds is 5. The van der Waals surface area contributed by atoms with Gasteiger partial charge in [-0.15, -0.1) is 0 Å². The Labute approximate surface area is 163 Å². The Morgan fingerprint density at radius 1 is 1.19 bits per heavy atom. The minimum Gasteiger partial charge on any atom is -0.382 e. The molecule has 3 aliphatic rings. The molecule has 5 heteroatoms. The van der Waals surface area contributed by atoms with Crippen LogP contribution in [0.15, 0.2) is 24.3 Å². The van der Waals surface area contributed by atoms with Gasteiger partial charge in [0.25, 0.3) is 0 Å². The Morgan fingerprint density at radius 2 is 2.04 bits per heavy atom. The van der Waals surface area contributed by atoms with Crippen molar-refractivity contribution in [1.29, 1.82) is 0 Å². The van der Waals surface area contributed by atoms with Crippen LogP contribution in [0, 0.1) is 5.92 Å². The van der Waals surface area contributed by atoms with Crippen molar-refractivity contribution in [2.24, 2.45) is 5.92 Å². The average molecular weight is 374 g/mol. The van der Waals surface area contributed by atoms with Crippen LogP contribution in [0.2, 0.25) is 0 Å². The van der Waals surface area contributed by atoms with Crippen molar-refractivity contribution in [3.05, 3.63) is 29.8 Å². The number of ether oxygens (including phenoxy) is 2. The molecule has 150 valence electrons. The predicted octanol–water partition coefficient (Wildman–Crippen LogP) is 2.86. The zero-order chi connectivity index (χ0) is 18.6. The van der Waals surface area contributed by atoms with Crippen molar-refractivity contribution in [2.45, 2.75) is 63.9 Å². The molecule has 2 N–H and O–H groups in total. The minimum absolute atomic E-state index is 0.319. The van der Waals surface area contributed by atoms with Gasteiger partial charge in [-0.3, -0.25) is 4.90 Å². The fraction of sp³-hybridized carbons (Fsp3) is 0.727. The molecule has 5 nitrogen and oxygen atoms in total. The van der Waals surface area contributed by atoms with Gasteiger partial charge in [0, 0.05) is 44.0 Å². The number of nitrogens with one attached hydrogen (secondary N) is 2. The smallest absolute Gasteiger partial charge is 0.0678 e. The molecule has 0 aromatic heterocycles. The zero-order valence-corrected chi connectivity index (χ0v) is 16.8. The molecule has 1 aromatic carbocycles. The van der Waals surface area contributed by atoms with Gasteiger partial charge >= 0.3 is 0 Å². The van der Waals surface area contributed by atoms with Crippen LogP contribution in [0.25, 0.3) is 0 Å². The number of anilines is 1. The first-order valence-corrected chi connectivity index (χ1v) is 10.7. The van der Waals surface area contributed by atoms with Gasteiger partial charge in [-0.05, 0) is 50.3 Å². The highest BCUT2D eigenvalue weighted by molar-refractivity contribution is 5.47. The summed E-state index contributed by atoms with van der Waals surface area (Å²) in [6.07, 6.45) is 4.50. The summed E-state index contributed by atoms with van der Waals surface area (Å²) >= 11 is 0. The molecule has 4 rings (SSSR count). The zero-order valence-electron chi connectivity index (χ0n) is 16.8. The molecular weight excluding hydrogens is 338 g/mol. The predicted molar refractivity (Wildman–Crippen MR) is 109 cm³/mol. The van der Waals surface area contributed by atoms with Crippen molar-refractivity contribution < 1.29 is 9.47 Å². The highest BCUT2D eigenvalue weighted by atomic mass is 16.5. The molecule has 0 bridgehead atoms. The van der Waals surface area contributed by atoms with Gasteiger partial charge in [0.15, 0.2) is 0 Å². The molecule has 3 fully saturated rings. The van der Waals surface area contributed by atoms with Crippen LogP contribution in [-0.2, 0) is 16.0 Å². The fourth-order valence-corrected chi connectivity index (χ4v) is 5.16. The second-order valence-electron chi connectivity index (χ2n) is 8.63. The normalized spacial score (nSPS) is 35.3.